The molecule has 0 radical (unpaired) electrons. The van der Waals surface area contributed by atoms with E-state index in [0.717, 1.165) is 13.0 Å². The Hall–Kier alpha value is -0.330. The van der Waals surface area contributed by atoms with Crippen LogP contribution in [-0.2, 0) is 0 Å². The van der Waals surface area contributed by atoms with Crippen LogP contribution in [0.25, 0.3) is 0 Å². The van der Waals surface area contributed by atoms with E-state index in [1.807, 2.05) is 13.8 Å². The number of rotatable bonds is 7. The summed E-state index contributed by atoms with van der Waals surface area (Å²) in [5.74, 6) is 0. The van der Waals surface area contributed by atoms with Crippen molar-refractivity contribution in [3.63, 3.8) is 0 Å². The van der Waals surface area contributed by atoms with Crippen LogP contribution in [0.15, 0.2) is 0 Å². The van der Waals surface area contributed by atoms with Crippen LogP contribution < -0.4 is 5.32 Å². The van der Waals surface area contributed by atoms with E-state index in [9.17, 15) is 18.3 Å². The van der Waals surface area contributed by atoms with E-state index in [1.54, 1.807) is 0 Å². The number of hydrogen-bond acceptors (Lipinski definition) is 3. The molecule has 0 aromatic heterocycles. The van der Waals surface area contributed by atoms with Crippen molar-refractivity contribution >= 4 is 0 Å². The molecule has 0 aliphatic heterocycles. The first kappa shape index (κ1) is 16.7. The molecule has 1 rings (SSSR count). The summed E-state index contributed by atoms with van der Waals surface area (Å²) in [5.41, 5.74) is -0.392. The third kappa shape index (κ3) is 4.93. The Kier molecular flexibility index (Phi) is 6.08. The molecule has 114 valence electrons. The topological polar surface area (TPSA) is 35.5 Å². The molecule has 0 saturated heterocycles. The smallest absolute Gasteiger partial charge is 0.394 e. The minimum Gasteiger partial charge on any atom is -0.394 e. The SMILES string of the molecule is CCCN(CC(F)(F)F)C1CCC(CO)(NCC)C1. The fourth-order valence-corrected chi connectivity index (χ4v) is 3.05. The number of nitrogens with zero attached hydrogens (tertiary/aromatic N) is 1. The normalized spacial score (nSPS) is 28.3. The number of likely N-dealkylation sites (N-methyl/N-ethyl adjacent to an activating group) is 1. The molecule has 0 aromatic carbocycles. The highest BCUT2D eigenvalue weighted by molar-refractivity contribution is 4.99. The quantitative estimate of drug-likeness (QED) is 0.751. The van der Waals surface area contributed by atoms with Crippen molar-refractivity contribution in [2.45, 2.75) is 57.3 Å². The lowest BCUT2D eigenvalue weighted by Crippen LogP contribution is -2.49. The summed E-state index contributed by atoms with van der Waals surface area (Å²) in [6.07, 6.45) is -1.41. The minimum absolute atomic E-state index is 0.0106. The maximum Gasteiger partial charge on any atom is 0.401 e. The first-order valence-corrected chi connectivity index (χ1v) is 7.02. The van der Waals surface area contributed by atoms with E-state index in [-0.39, 0.29) is 12.6 Å². The number of hydrogen-bond donors (Lipinski definition) is 2. The first-order valence-electron chi connectivity index (χ1n) is 7.02. The van der Waals surface area contributed by atoms with Crippen LogP contribution in [0.2, 0.25) is 0 Å². The second kappa shape index (κ2) is 6.90. The van der Waals surface area contributed by atoms with Crippen molar-refractivity contribution in [1.82, 2.24) is 10.2 Å². The average Bonchev–Trinajstić information content (AvgIpc) is 2.72. The predicted octanol–water partition coefficient (Wildman–Crippen LogP) is 2.15. The van der Waals surface area contributed by atoms with Gasteiger partial charge in [-0.1, -0.05) is 13.8 Å². The van der Waals surface area contributed by atoms with Gasteiger partial charge in [0.2, 0.25) is 0 Å². The number of nitrogens with one attached hydrogen (secondary N) is 1. The van der Waals surface area contributed by atoms with Gasteiger partial charge in [-0.25, -0.2) is 0 Å². The molecule has 0 aromatic rings. The van der Waals surface area contributed by atoms with Crippen molar-refractivity contribution in [3.05, 3.63) is 0 Å². The van der Waals surface area contributed by atoms with Gasteiger partial charge in [0.15, 0.2) is 0 Å². The van der Waals surface area contributed by atoms with E-state index in [2.05, 4.69) is 5.32 Å². The molecule has 2 atom stereocenters. The molecule has 0 bridgehead atoms. The molecule has 2 unspecified atom stereocenters. The highest BCUT2D eigenvalue weighted by atomic mass is 19.4. The Bertz CT molecular complexity index is 273. The Balaban J connectivity index is 2.67. The average molecular weight is 282 g/mol. The summed E-state index contributed by atoms with van der Waals surface area (Å²) in [6, 6.07) is -0.0900. The van der Waals surface area contributed by atoms with Crippen molar-refractivity contribution in [3.8, 4) is 0 Å². The molecule has 1 aliphatic carbocycles. The van der Waals surface area contributed by atoms with Gasteiger partial charge in [0, 0.05) is 11.6 Å². The standard InChI is InChI=1S/C13H25F3N2O/c1-3-7-18(9-13(14,15)16)11-5-6-12(8-11,10-19)17-4-2/h11,17,19H,3-10H2,1-2H3. The molecule has 0 spiro atoms. The summed E-state index contributed by atoms with van der Waals surface area (Å²) in [6.45, 7) is 4.16. The minimum atomic E-state index is -4.15. The highest BCUT2D eigenvalue weighted by Crippen LogP contribution is 2.34. The van der Waals surface area contributed by atoms with Crippen molar-refractivity contribution in [2.24, 2.45) is 0 Å². The maximum absolute atomic E-state index is 12.6. The molecule has 0 amide bonds. The van der Waals surface area contributed by atoms with Gasteiger partial charge in [-0.05, 0) is 38.8 Å². The molecule has 1 fully saturated rings. The number of alkyl halides is 3. The zero-order valence-corrected chi connectivity index (χ0v) is 11.8. The van der Waals surface area contributed by atoms with Crippen LogP contribution in [-0.4, -0.2) is 54.0 Å². The first-order chi connectivity index (χ1) is 8.86. The lowest BCUT2D eigenvalue weighted by molar-refractivity contribution is -0.151. The molecule has 2 N–H and O–H groups in total. The van der Waals surface area contributed by atoms with Crippen LogP contribution in [0.5, 0.6) is 0 Å². The van der Waals surface area contributed by atoms with Gasteiger partial charge in [-0.15, -0.1) is 0 Å². The predicted molar refractivity (Wildman–Crippen MR) is 69.1 cm³/mol. The fraction of sp³-hybridized carbons (Fsp3) is 1.00. The molecule has 1 aliphatic rings. The van der Waals surface area contributed by atoms with Gasteiger partial charge >= 0.3 is 6.18 Å². The Morgan fingerprint density at radius 1 is 1.37 bits per heavy atom. The van der Waals surface area contributed by atoms with Crippen molar-refractivity contribution < 1.29 is 18.3 Å². The molecule has 6 heteroatoms. The van der Waals surface area contributed by atoms with Crippen LogP contribution in [0.3, 0.4) is 0 Å². The summed E-state index contributed by atoms with van der Waals surface area (Å²) in [5, 5.41) is 12.7. The van der Waals surface area contributed by atoms with Crippen LogP contribution in [0.1, 0.15) is 39.5 Å². The van der Waals surface area contributed by atoms with Crippen LogP contribution >= 0.6 is 0 Å². The van der Waals surface area contributed by atoms with Crippen molar-refractivity contribution in [1.29, 1.82) is 0 Å². The summed E-state index contributed by atoms with van der Waals surface area (Å²) in [4.78, 5) is 1.52. The summed E-state index contributed by atoms with van der Waals surface area (Å²) in [7, 11) is 0. The molecule has 19 heavy (non-hydrogen) atoms. The lowest BCUT2D eigenvalue weighted by Gasteiger charge is -2.32. The summed E-state index contributed by atoms with van der Waals surface area (Å²) < 4.78 is 37.8. The zero-order valence-electron chi connectivity index (χ0n) is 11.8. The largest absolute Gasteiger partial charge is 0.401 e. The Morgan fingerprint density at radius 2 is 2.05 bits per heavy atom. The van der Waals surface area contributed by atoms with E-state index in [4.69, 9.17) is 0 Å². The van der Waals surface area contributed by atoms with Gasteiger partial charge < -0.3 is 10.4 Å². The lowest BCUT2D eigenvalue weighted by atomic mass is 9.98. The second-order valence-corrected chi connectivity index (χ2v) is 5.45. The summed E-state index contributed by atoms with van der Waals surface area (Å²) >= 11 is 0. The molecule has 0 heterocycles. The second-order valence-electron chi connectivity index (χ2n) is 5.45. The third-order valence-corrected chi connectivity index (χ3v) is 3.85. The number of halogens is 3. The van der Waals surface area contributed by atoms with Gasteiger partial charge in [0.1, 0.15) is 0 Å². The van der Waals surface area contributed by atoms with E-state index in [1.165, 1.54) is 4.90 Å². The molecular weight excluding hydrogens is 257 g/mol. The fourth-order valence-electron chi connectivity index (χ4n) is 3.05. The van der Waals surface area contributed by atoms with Gasteiger partial charge in [-0.2, -0.15) is 13.2 Å². The monoisotopic (exact) mass is 282 g/mol. The highest BCUT2D eigenvalue weighted by Gasteiger charge is 2.42. The van der Waals surface area contributed by atoms with Crippen LogP contribution in [0.4, 0.5) is 13.2 Å². The maximum atomic E-state index is 12.6. The van der Waals surface area contributed by atoms with Gasteiger partial charge in [-0.3, -0.25) is 4.90 Å². The number of aliphatic hydroxyl groups is 1. The Morgan fingerprint density at radius 3 is 2.53 bits per heavy atom. The van der Waals surface area contributed by atoms with Crippen molar-refractivity contribution in [2.75, 3.05) is 26.2 Å². The van der Waals surface area contributed by atoms with Gasteiger partial charge in [0.05, 0.1) is 13.2 Å². The molecule has 3 nitrogen and oxygen atoms in total. The molecule has 1 saturated carbocycles. The Labute approximate surface area is 113 Å². The van der Waals surface area contributed by atoms with E-state index >= 15 is 0 Å². The molecular formula is C13H25F3N2O. The van der Waals surface area contributed by atoms with Crippen LogP contribution in [0, 0.1) is 0 Å². The van der Waals surface area contributed by atoms with Gasteiger partial charge in [0.25, 0.3) is 0 Å². The zero-order chi connectivity index (χ0) is 14.5. The third-order valence-electron chi connectivity index (χ3n) is 3.85. The van der Waals surface area contributed by atoms with E-state index < -0.39 is 18.3 Å². The number of aliphatic hydroxyl groups excluding tert-OH is 1. The van der Waals surface area contributed by atoms with E-state index in [0.29, 0.717) is 25.8 Å².